The zero-order valence-corrected chi connectivity index (χ0v) is 8.81. The fourth-order valence-electron chi connectivity index (χ4n) is 1.22. The quantitative estimate of drug-likeness (QED) is 0.561. The monoisotopic (exact) mass is 216 g/mol. The van der Waals surface area contributed by atoms with Crippen molar-refractivity contribution >= 4 is 23.2 Å². The first-order valence-corrected chi connectivity index (χ1v) is 5.16. The molecular formula is C9H10Cl2N2. The van der Waals surface area contributed by atoms with Crippen LogP contribution in [0.1, 0.15) is 42.6 Å². The van der Waals surface area contributed by atoms with E-state index in [1.54, 1.807) is 0 Å². The molecule has 1 atom stereocenters. The molecule has 0 N–H and O–H groups in total. The van der Waals surface area contributed by atoms with Crippen molar-refractivity contribution in [1.82, 2.24) is 9.97 Å². The average molecular weight is 217 g/mol. The van der Waals surface area contributed by atoms with Crippen molar-refractivity contribution in [2.45, 2.75) is 31.1 Å². The van der Waals surface area contributed by atoms with Gasteiger partial charge in [-0.2, -0.15) is 0 Å². The number of hydrogen-bond acceptors (Lipinski definition) is 2. The molecule has 70 valence electrons. The summed E-state index contributed by atoms with van der Waals surface area (Å²) in [4.78, 5) is 8.43. The third-order valence-electron chi connectivity index (χ3n) is 2.08. The Bertz CT molecular complexity index is 301. The Morgan fingerprint density at radius 3 is 2.69 bits per heavy atom. The van der Waals surface area contributed by atoms with Crippen molar-refractivity contribution in [2.75, 3.05) is 0 Å². The SMILES string of the molecule is CC(Cl)c1nc(Cl)cc(C2CC2)n1. The Morgan fingerprint density at radius 2 is 2.15 bits per heavy atom. The summed E-state index contributed by atoms with van der Waals surface area (Å²) in [5.41, 5.74) is 1.04. The smallest absolute Gasteiger partial charge is 0.147 e. The van der Waals surface area contributed by atoms with Crippen LogP contribution in [0.2, 0.25) is 5.15 Å². The predicted molar refractivity (Wildman–Crippen MR) is 53.3 cm³/mol. The van der Waals surface area contributed by atoms with E-state index < -0.39 is 0 Å². The molecule has 0 saturated heterocycles. The molecule has 0 spiro atoms. The van der Waals surface area contributed by atoms with E-state index in [1.165, 1.54) is 12.8 Å². The van der Waals surface area contributed by atoms with Gasteiger partial charge in [0.25, 0.3) is 0 Å². The molecule has 1 aromatic rings. The van der Waals surface area contributed by atoms with Crippen LogP contribution < -0.4 is 0 Å². The number of nitrogens with zero attached hydrogens (tertiary/aromatic N) is 2. The molecule has 4 heteroatoms. The van der Waals surface area contributed by atoms with Crippen LogP contribution in [0.15, 0.2) is 6.07 Å². The highest BCUT2D eigenvalue weighted by Gasteiger charge is 2.26. The van der Waals surface area contributed by atoms with Gasteiger partial charge in [-0.3, -0.25) is 0 Å². The van der Waals surface area contributed by atoms with E-state index in [0.29, 0.717) is 16.9 Å². The van der Waals surface area contributed by atoms with Crippen molar-refractivity contribution in [1.29, 1.82) is 0 Å². The van der Waals surface area contributed by atoms with Crippen LogP contribution in [0.4, 0.5) is 0 Å². The van der Waals surface area contributed by atoms with Crippen LogP contribution in [0.3, 0.4) is 0 Å². The van der Waals surface area contributed by atoms with Gasteiger partial charge in [0.1, 0.15) is 11.0 Å². The van der Waals surface area contributed by atoms with E-state index in [2.05, 4.69) is 9.97 Å². The molecule has 0 aromatic carbocycles. The maximum absolute atomic E-state index is 5.89. The van der Waals surface area contributed by atoms with Gasteiger partial charge in [-0.1, -0.05) is 11.6 Å². The Kier molecular flexibility index (Phi) is 2.43. The van der Waals surface area contributed by atoms with Gasteiger partial charge >= 0.3 is 0 Å². The highest BCUT2D eigenvalue weighted by molar-refractivity contribution is 6.29. The van der Waals surface area contributed by atoms with Crippen molar-refractivity contribution in [2.24, 2.45) is 0 Å². The highest BCUT2D eigenvalue weighted by atomic mass is 35.5. The zero-order chi connectivity index (χ0) is 9.42. The second kappa shape index (κ2) is 3.43. The molecule has 1 aliphatic carbocycles. The van der Waals surface area contributed by atoms with Crippen LogP contribution in [-0.4, -0.2) is 9.97 Å². The van der Waals surface area contributed by atoms with Gasteiger partial charge in [0.05, 0.1) is 5.38 Å². The maximum atomic E-state index is 5.89. The van der Waals surface area contributed by atoms with E-state index in [9.17, 15) is 0 Å². The second-order valence-corrected chi connectivity index (χ2v) is 4.41. The molecule has 2 rings (SSSR count). The summed E-state index contributed by atoms with van der Waals surface area (Å²) in [5, 5.41) is 0.329. The average Bonchev–Trinajstić information content (AvgIpc) is 2.85. The van der Waals surface area contributed by atoms with Crippen molar-refractivity contribution in [3.8, 4) is 0 Å². The van der Waals surface area contributed by atoms with Gasteiger partial charge in [0.15, 0.2) is 0 Å². The third-order valence-corrected chi connectivity index (χ3v) is 2.47. The zero-order valence-electron chi connectivity index (χ0n) is 7.30. The highest BCUT2D eigenvalue weighted by Crippen LogP contribution is 2.39. The van der Waals surface area contributed by atoms with E-state index in [-0.39, 0.29) is 5.38 Å². The first-order valence-electron chi connectivity index (χ1n) is 4.35. The molecule has 0 aliphatic heterocycles. The standard InChI is InChI=1S/C9H10Cl2N2/c1-5(10)9-12-7(6-2-3-6)4-8(11)13-9/h4-6H,2-3H2,1H3. The summed E-state index contributed by atoms with van der Waals surface area (Å²) in [5.74, 6) is 1.23. The molecule has 0 radical (unpaired) electrons. The van der Waals surface area contributed by atoms with Crippen LogP contribution in [-0.2, 0) is 0 Å². The van der Waals surface area contributed by atoms with Gasteiger partial charge in [-0.15, -0.1) is 11.6 Å². The lowest BCUT2D eigenvalue weighted by molar-refractivity contribution is 0.863. The van der Waals surface area contributed by atoms with E-state index >= 15 is 0 Å². The molecule has 1 aromatic heterocycles. The first kappa shape index (κ1) is 9.22. The van der Waals surface area contributed by atoms with Crippen LogP contribution in [0.5, 0.6) is 0 Å². The van der Waals surface area contributed by atoms with Gasteiger partial charge in [-0.25, -0.2) is 9.97 Å². The molecule has 1 aliphatic rings. The minimum atomic E-state index is -0.170. The summed E-state index contributed by atoms with van der Waals surface area (Å²) < 4.78 is 0. The summed E-state index contributed by atoms with van der Waals surface area (Å²) in [7, 11) is 0. The summed E-state index contributed by atoms with van der Waals surface area (Å²) in [6.07, 6.45) is 2.42. The Morgan fingerprint density at radius 1 is 1.46 bits per heavy atom. The molecule has 13 heavy (non-hydrogen) atoms. The molecule has 0 bridgehead atoms. The van der Waals surface area contributed by atoms with Crippen LogP contribution in [0, 0.1) is 0 Å². The minimum Gasteiger partial charge on any atom is -0.236 e. The minimum absolute atomic E-state index is 0.170. The number of halogens is 2. The molecular weight excluding hydrogens is 207 g/mol. The van der Waals surface area contributed by atoms with Crippen molar-refractivity contribution < 1.29 is 0 Å². The third kappa shape index (κ3) is 2.12. The molecule has 1 fully saturated rings. The first-order chi connectivity index (χ1) is 6.16. The van der Waals surface area contributed by atoms with Crippen molar-refractivity contribution in [3.63, 3.8) is 0 Å². The number of aromatic nitrogens is 2. The Balaban J connectivity index is 2.36. The number of alkyl halides is 1. The van der Waals surface area contributed by atoms with E-state index in [1.807, 2.05) is 13.0 Å². The number of rotatable bonds is 2. The lowest BCUT2D eigenvalue weighted by atomic mass is 10.3. The molecule has 2 nitrogen and oxygen atoms in total. The summed E-state index contributed by atoms with van der Waals surface area (Å²) >= 11 is 11.7. The number of hydrogen-bond donors (Lipinski definition) is 0. The topological polar surface area (TPSA) is 25.8 Å². The van der Waals surface area contributed by atoms with Gasteiger partial charge < -0.3 is 0 Å². The van der Waals surface area contributed by atoms with E-state index in [0.717, 1.165) is 5.69 Å². The maximum Gasteiger partial charge on any atom is 0.147 e. The predicted octanol–water partition coefficient (Wildman–Crippen LogP) is 3.31. The Hall–Kier alpha value is -0.340. The lowest BCUT2D eigenvalue weighted by Crippen LogP contribution is -1.99. The lowest BCUT2D eigenvalue weighted by Gasteiger charge is -2.04. The van der Waals surface area contributed by atoms with E-state index in [4.69, 9.17) is 23.2 Å². The fraction of sp³-hybridized carbons (Fsp3) is 0.556. The van der Waals surface area contributed by atoms with Crippen LogP contribution in [0.25, 0.3) is 0 Å². The largest absolute Gasteiger partial charge is 0.236 e. The molecule has 0 amide bonds. The molecule has 1 saturated carbocycles. The normalized spacial score (nSPS) is 18.7. The Labute approximate surface area is 87.3 Å². The second-order valence-electron chi connectivity index (χ2n) is 3.36. The molecule has 1 unspecified atom stereocenters. The molecule has 1 heterocycles. The van der Waals surface area contributed by atoms with Gasteiger partial charge in [-0.05, 0) is 25.8 Å². The summed E-state index contributed by atoms with van der Waals surface area (Å²) in [6.45, 7) is 1.85. The summed E-state index contributed by atoms with van der Waals surface area (Å²) in [6, 6.07) is 1.84. The van der Waals surface area contributed by atoms with Gasteiger partial charge in [0.2, 0.25) is 0 Å². The van der Waals surface area contributed by atoms with Crippen molar-refractivity contribution in [3.05, 3.63) is 22.7 Å². The van der Waals surface area contributed by atoms with Gasteiger partial charge in [0, 0.05) is 11.6 Å². The fourth-order valence-corrected chi connectivity index (χ4v) is 1.52. The van der Waals surface area contributed by atoms with Crippen LogP contribution >= 0.6 is 23.2 Å².